The van der Waals surface area contributed by atoms with E-state index in [-0.39, 0.29) is 0 Å². The number of hydrogen-bond acceptors (Lipinski definition) is 6. The summed E-state index contributed by atoms with van der Waals surface area (Å²) < 4.78 is 12.7. The summed E-state index contributed by atoms with van der Waals surface area (Å²) in [5.41, 5.74) is 1.50. The molecule has 0 saturated heterocycles. The van der Waals surface area contributed by atoms with E-state index in [0.29, 0.717) is 29.7 Å². The van der Waals surface area contributed by atoms with Crippen LogP contribution in [0.25, 0.3) is 16.7 Å². The molecule has 3 aromatic rings. The van der Waals surface area contributed by atoms with Crippen LogP contribution in [0.15, 0.2) is 36.8 Å². The van der Waals surface area contributed by atoms with Crippen molar-refractivity contribution in [1.29, 1.82) is 0 Å². The van der Waals surface area contributed by atoms with Crippen LogP contribution in [0.2, 0.25) is 5.02 Å². The maximum Gasteiger partial charge on any atom is 0.239 e. The Morgan fingerprint density at radius 1 is 1.21 bits per heavy atom. The number of rotatable bonds is 7. The van der Waals surface area contributed by atoms with Gasteiger partial charge in [0.15, 0.2) is 5.65 Å². The van der Waals surface area contributed by atoms with Crippen LogP contribution in [0.5, 0.6) is 0 Å². The van der Waals surface area contributed by atoms with E-state index in [9.17, 15) is 0 Å². The predicted octanol–water partition coefficient (Wildman–Crippen LogP) is 3.24. The Morgan fingerprint density at radius 3 is 2.71 bits per heavy atom. The van der Waals surface area contributed by atoms with Crippen LogP contribution in [0.3, 0.4) is 0 Å². The number of anilines is 1. The van der Waals surface area contributed by atoms with Crippen LogP contribution in [-0.4, -0.2) is 39.4 Å². The van der Waals surface area contributed by atoms with Crippen molar-refractivity contribution in [3.63, 3.8) is 0 Å². The van der Waals surface area contributed by atoms with Gasteiger partial charge in [-0.25, -0.2) is 14.6 Å². The highest BCUT2D eigenvalue weighted by Crippen LogP contribution is 2.23. The molecular formula is C16H18ClN5O2. The Labute approximate surface area is 144 Å². The second kappa shape index (κ2) is 7.57. The van der Waals surface area contributed by atoms with Crippen molar-refractivity contribution in [2.75, 3.05) is 18.5 Å². The van der Waals surface area contributed by atoms with E-state index in [2.05, 4.69) is 20.4 Å². The topological polar surface area (TPSA) is 74.1 Å². The summed E-state index contributed by atoms with van der Waals surface area (Å²) in [4.78, 5) is 8.61. The van der Waals surface area contributed by atoms with Crippen molar-refractivity contribution in [3.8, 4) is 5.69 Å². The third-order valence-electron chi connectivity index (χ3n) is 3.31. The lowest BCUT2D eigenvalue weighted by atomic mass is 10.3. The van der Waals surface area contributed by atoms with Crippen LogP contribution >= 0.6 is 11.6 Å². The first-order valence-electron chi connectivity index (χ1n) is 7.67. The molecule has 1 aromatic carbocycles. The molecule has 24 heavy (non-hydrogen) atoms. The summed E-state index contributed by atoms with van der Waals surface area (Å²) in [5, 5.41) is 8.93. The van der Waals surface area contributed by atoms with Gasteiger partial charge in [0.05, 0.1) is 17.3 Å². The van der Waals surface area contributed by atoms with Crippen LogP contribution in [-0.2, 0) is 9.47 Å². The summed E-state index contributed by atoms with van der Waals surface area (Å²) in [5.74, 6) is 0.597. The molecule has 7 nitrogen and oxygen atoms in total. The number of nitrogens with one attached hydrogen (secondary N) is 1. The van der Waals surface area contributed by atoms with Crippen molar-refractivity contribution in [2.45, 2.75) is 20.3 Å². The number of fused-ring (bicyclic) bond motifs is 1. The van der Waals surface area contributed by atoms with Crippen LogP contribution in [0.4, 0.5) is 5.82 Å². The molecule has 0 aliphatic heterocycles. The summed E-state index contributed by atoms with van der Waals surface area (Å²) in [7, 11) is 0. The molecule has 0 fully saturated rings. The predicted molar refractivity (Wildman–Crippen MR) is 92.3 cm³/mol. The molecule has 0 spiro atoms. The molecule has 1 N–H and O–H groups in total. The fourth-order valence-corrected chi connectivity index (χ4v) is 2.49. The number of nitrogens with zero attached hydrogens (tertiary/aromatic N) is 4. The third kappa shape index (κ3) is 3.48. The zero-order chi connectivity index (χ0) is 16.9. The second-order valence-corrected chi connectivity index (χ2v) is 5.32. The van der Waals surface area contributed by atoms with Crippen LogP contribution in [0.1, 0.15) is 13.8 Å². The molecule has 126 valence electrons. The fraction of sp³-hybridized carbons (Fsp3) is 0.312. The monoisotopic (exact) mass is 347 g/mol. The number of aromatic nitrogens is 4. The molecule has 0 aliphatic carbocycles. The van der Waals surface area contributed by atoms with E-state index in [1.807, 2.05) is 38.1 Å². The largest absolute Gasteiger partial charge is 0.336 e. The Hall–Kier alpha value is -2.22. The molecule has 0 bridgehead atoms. The van der Waals surface area contributed by atoms with Gasteiger partial charge in [-0.1, -0.05) is 17.7 Å². The van der Waals surface area contributed by atoms with E-state index >= 15 is 0 Å². The lowest BCUT2D eigenvalue weighted by Gasteiger charge is -2.18. The Kier molecular flexibility index (Phi) is 5.24. The minimum atomic E-state index is -0.576. The van der Waals surface area contributed by atoms with Gasteiger partial charge in [-0.3, -0.25) is 0 Å². The van der Waals surface area contributed by atoms with Gasteiger partial charge >= 0.3 is 0 Å². The van der Waals surface area contributed by atoms with E-state index in [1.54, 1.807) is 10.9 Å². The van der Waals surface area contributed by atoms with Crippen molar-refractivity contribution in [2.24, 2.45) is 0 Å². The first kappa shape index (κ1) is 16.6. The van der Waals surface area contributed by atoms with Gasteiger partial charge in [-0.15, -0.1) is 0 Å². The SMILES string of the molecule is CCOC(Nc1ncnc2c1cnn2-c1cccc(Cl)c1)OCC. The molecule has 0 saturated carbocycles. The molecule has 0 aliphatic rings. The maximum atomic E-state index is 6.06. The van der Waals surface area contributed by atoms with E-state index in [4.69, 9.17) is 21.1 Å². The van der Waals surface area contributed by atoms with Crippen molar-refractivity contribution >= 4 is 28.5 Å². The molecule has 0 atom stereocenters. The summed E-state index contributed by atoms with van der Waals surface area (Å²) in [6, 6.07) is 7.42. The highest BCUT2D eigenvalue weighted by atomic mass is 35.5. The average Bonchev–Trinajstić information content (AvgIpc) is 3.00. The molecule has 0 unspecified atom stereocenters. The first-order chi connectivity index (χ1) is 11.7. The van der Waals surface area contributed by atoms with Crippen molar-refractivity contribution in [3.05, 3.63) is 41.8 Å². The number of benzene rings is 1. The van der Waals surface area contributed by atoms with E-state index in [1.165, 1.54) is 6.33 Å². The zero-order valence-corrected chi connectivity index (χ0v) is 14.2. The molecular weight excluding hydrogens is 330 g/mol. The van der Waals surface area contributed by atoms with Gasteiger partial charge in [0.2, 0.25) is 6.41 Å². The molecule has 8 heteroatoms. The van der Waals surface area contributed by atoms with E-state index < -0.39 is 6.41 Å². The maximum absolute atomic E-state index is 6.06. The Bertz CT molecular complexity index is 817. The molecule has 3 rings (SSSR count). The third-order valence-corrected chi connectivity index (χ3v) is 3.54. The lowest BCUT2D eigenvalue weighted by molar-refractivity contribution is -0.117. The van der Waals surface area contributed by atoms with Gasteiger partial charge in [-0.2, -0.15) is 5.10 Å². The van der Waals surface area contributed by atoms with Crippen LogP contribution < -0.4 is 5.32 Å². The molecule has 0 amide bonds. The number of halogens is 1. The molecule has 2 heterocycles. The quantitative estimate of drug-likeness (QED) is 0.661. The summed E-state index contributed by atoms with van der Waals surface area (Å²) in [6.07, 6.45) is 2.60. The highest BCUT2D eigenvalue weighted by molar-refractivity contribution is 6.30. The molecule has 0 radical (unpaired) electrons. The minimum absolute atomic E-state index is 0.521. The zero-order valence-electron chi connectivity index (χ0n) is 13.4. The van der Waals surface area contributed by atoms with E-state index in [0.717, 1.165) is 11.1 Å². The number of ether oxygens (including phenoxy) is 2. The first-order valence-corrected chi connectivity index (χ1v) is 8.05. The van der Waals surface area contributed by atoms with Crippen molar-refractivity contribution < 1.29 is 9.47 Å². The fourth-order valence-electron chi connectivity index (χ4n) is 2.30. The second-order valence-electron chi connectivity index (χ2n) is 4.88. The molecule has 2 aromatic heterocycles. The lowest BCUT2D eigenvalue weighted by Crippen LogP contribution is -2.27. The normalized spacial score (nSPS) is 11.3. The Balaban J connectivity index is 1.97. The minimum Gasteiger partial charge on any atom is -0.336 e. The smallest absolute Gasteiger partial charge is 0.239 e. The van der Waals surface area contributed by atoms with Gasteiger partial charge in [0.1, 0.15) is 12.1 Å². The summed E-state index contributed by atoms with van der Waals surface area (Å²) in [6.45, 7) is 4.85. The summed E-state index contributed by atoms with van der Waals surface area (Å²) >= 11 is 6.06. The van der Waals surface area contributed by atoms with Gasteiger partial charge in [0, 0.05) is 18.2 Å². The highest BCUT2D eigenvalue weighted by Gasteiger charge is 2.15. The standard InChI is InChI=1S/C16H18ClN5O2/c1-3-23-16(24-4-2)21-14-13-9-20-22(15(13)19-10-18-14)12-7-5-6-11(17)8-12/h5-10,16H,3-4H2,1-2H3,(H,18,19,21). The van der Waals surface area contributed by atoms with Gasteiger partial charge in [-0.05, 0) is 32.0 Å². The Morgan fingerprint density at radius 2 is 2.00 bits per heavy atom. The average molecular weight is 348 g/mol. The van der Waals surface area contributed by atoms with Crippen molar-refractivity contribution in [1.82, 2.24) is 19.7 Å². The van der Waals surface area contributed by atoms with Gasteiger partial charge < -0.3 is 14.8 Å². The number of hydrogen-bond donors (Lipinski definition) is 1. The van der Waals surface area contributed by atoms with Gasteiger partial charge in [0.25, 0.3) is 0 Å². The van der Waals surface area contributed by atoms with Crippen LogP contribution in [0, 0.1) is 0 Å².